The van der Waals surface area contributed by atoms with Gasteiger partial charge in [-0.3, -0.25) is 4.79 Å². The van der Waals surface area contributed by atoms with Gasteiger partial charge >= 0.3 is 0 Å². The first-order valence-electron chi connectivity index (χ1n) is 5.30. The summed E-state index contributed by atoms with van der Waals surface area (Å²) in [7, 11) is 0. The van der Waals surface area contributed by atoms with Crippen molar-refractivity contribution in [1.82, 2.24) is 5.32 Å². The standard InChI is InChI=1S/C11H15NO3S/c1-6-4-5-16-10(6)11(15)12-7-2-3-8(13)9(7)14/h4-5,7-9,13-14H,2-3H2,1H3,(H,12,15)/t7-,8-,9-/m1/s1. The predicted molar refractivity (Wildman–Crippen MR) is 61.6 cm³/mol. The van der Waals surface area contributed by atoms with Crippen LogP contribution in [0.1, 0.15) is 28.1 Å². The summed E-state index contributed by atoms with van der Waals surface area (Å²) in [5.74, 6) is -0.161. The van der Waals surface area contributed by atoms with Crippen molar-refractivity contribution < 1.29 is 15.0 Å². The fourth-order valence-electron chi connectivity index (χ4n) is 1.96. The molecule has 0 aliphatic heterocycles. The number of hydrogen-bond acceptors (Lipinski definition) is 4. The average molecular weight is 241 g/mol. The van der Waals surface area contributed by atoms with Crippen molar-refractivity contribution in [3.05, 3.63) is 21.9 Å². The lowest BCUT2D eigenvalue weighted by molar-refractivity contribution is 0.0297. The molecule has 3 N–H and O–H groups in total. The van der Waals surface area contributed by atoms with Crippen LogP contribution >= 0.6 is 11.3 Å². The van der Waals surface area contributed by atoms with Crippen molar-refractivity contribution in [2.45, 2.75) is 38.0 Å². The molecule has 0 bridgehead atoms. The first-order valence-corrected chi connectivity index (χ1v) is 6.18. The molecular formula is C11H15NO3S. The zero-order valence-electron chi connectivity index (χ0n) is 9.01. The summed E-state index contributed by atoms with van der Waals surface area (Å²) in [6, 6.07) is 1.56. The minimum atomic E-state index is -0.843. The van der Waals surface area contributed by atoms with Crippen LogP contribution in [-0.4, -0.2) is 34.4 Å². The molecule has 1 saturated carbocycles. The maximum absolute atomic E-state index is 11.8. The summed E-state index contributed by atoms with van der Waals surface area (Å²) in [5, 5.41) is 23.6. The highest BCUT2D eigenvalue weighted by Crippen LogP contribution is 2.21. The lowest BCUT2D eigenvalue weighted by atomic mass is 10.2. The molecule has 1 aliphatic rings. The number of rotatable bonds is 2. The molecule has 1 aliphatic carbocycles. The zero-order chi connectivity index (χ0) is 11.7. The third-order valence-corrected chi connectivity index (χ3v) is 3.98. The molecule has 1 aromatic rings. The van der Waals surface area contributed by atoms with Gasteiger partial charge in [-0.2, -0.15) is 0 Å². The molecule has 0 spiro atoms. The summed E-state index contributed by atoms with van der Waals surface area (Å²) >= 11 is 1.39. The van der Waals surface area contributed by atoms with E-state index in [1.807, 2.05) is 18.4 Å². The highest BCUT2D eigenvalue weighted by Gasteiger charge is 2.34. The Hall–Kier alpha value is -0.910. The quantitative estimate of drug-likeness (QED) is 0.713. The maximum atomic E-state index is 11.8. The Balaban J connectivity index is 2.01. The Morgan fingerprint density at radius 2 is 2.25 bits per heavy atom. The molecule has 1 fully saturated rings. The van der Waals surface area contributed by atoms with Gasteiger partial charge in [0.2, 0.25) is 0 Å². The van der Waals surface area contributed by atoms with Gasteiger partial charge in [0.05, 0.1) is 17.0 Å². The molecule has 88 valence electrons. The Morgan fingerprint density at radius 1 is 1.50 bits per heavy atom. The molecule has 1 heterocycles. The Labute approximate surface area is 97.9 Å². The van der Waals surface area contributed by atoms with E-state index in [1.165, 1.54) is 11.3 Å². The van der Waals surface area contributed by atoms with Crippen molar-refractivity contribution in [1.29, 1.82) is 0 Å². The molecule has 2 rings (SSSR count). The topological polar surface area (TPSA) is 69.6 Å². The van der Waals surface area contributed by atoms with Crippen molar-refractivity contribution in [2.75, 3.05) is 0 Å². The minimum absolute atomic E-state index is 0.161. The maximum Gasteiger partial charge on any atom is 0.261 e. The normalized spacial score (nSPS) is 29.3. The van der Waals surface area contributed by atoms with E-state index in [-0.39, 0.29) is 11.9 Å². The van der Waals surface area contributed by atoms with E-state index < -0.39 is 12.2 Å². The molecule has 0 saturated heterocycles. The van der Waals surface area contributed by atoms with Crippen LogP contribution in [0.3, 0.4) is 0 Å². The fourth-order valence-corrected chi connectivity index (χ4v) is 2.78. The summed E-state index contributed by atoms with van der Waals surface area (Å²) in [4.78, 5) is 12.5. The predicted octanol–water partition coefficient (Wildman–Crippen LogP) is 0.671. The molecule has 5 heteroatoms. The number of carbonyl (C=O) groups is 1. The van der Waals surface area contributed by atoms with Crippen LogP contribution in [0, 0.1) is 6.92 Å². The minimum Gasteiger partial charge on any atom is -0.390 e. The van der Waals surface area contributed by atoms with Gasteiger partial charge in [0.15, 0.2) is 0 Å². The van der Waals surface area contributed by atoms with Crippen molar-refractivity contribution in [2.24, 2.45) is 0 Å². The summed E-state index contributed by atoms with van der Waals surface area (Å²) in [6.07, 6.45) is -0.396. The van der Waals surface area contributed by atoms with E-state index in [0.29, 0.717) is 17.7 Å². The molecule has 4 nitrogen and oxygen atoms in total. The highest BCUT2D eigenvalue weighted by molar-refractivity contribution is 7.12. The Bertz CT molecular complexity index is 390. The van der Waals surface area contributed by atoms with Crippen LogP contribution in [0.5, 0.6) is 0 Å². The number of aryl methyl sites for hydroxylation is 1. The molecule has 0 aromatic carbocycles. The summed E-state index contributed by atoms with van der Waals surface area (Å²) in [6.45, 7) is 1.88. The number of thiophene rings is 1. The van der Waals surface area contributed by atoms with Crippen LogP contribution in [0.2, 0.25) is 0 Å². The average Bonchev–Trinajstić information content (AvgIpc) is 2.79. The Morgan fingerprint density at radius 3 is 2.75 bits per heavy atom. The zero-order valence-corrected chi connectivity index (χ0v) is 9.83. The molecule has 16 heavy (non-hydrogen) atoms. The first-order chi connectivity index (χ1) is 7.59. The van der Waals surface area contributed by atoms with Crippen molar-refractivity contribution >= 4 is 17.2 Å². The van der Waals surface area contributed by atoms with E-state index in [0.717, 1.165) is 5.56 Å². The van der Waals surface area contributed by atoms with Crippen molar-refractivity contribution in [3.8, 4) is 0 Å². The first kappa shape index (κ1) is 11.6. The van der Waals surface area contributed by atoms with E-state index >= 15 is 0 Å². The molecule has 1 amide bonds. The van der Waals surface area contributed by atoms with Gasteiger partial charge in [0.25, 0.3) is 5.91 Å². The number of carbonyl (C=O) groups excluding carboxylic acids is 1. The summed E-state index contributed by atoms with van der Waals surface area (Å²) < 4.78 is 0. The van der Waals surface area contributed by atoms with Gasteiger partial charge in [0.1, 0.15) is 6.10 Å². The van der Waals surface area contributed by atoms with Crippen LogP contribution < -0.4 is 5.32 Å². The van der Waals surface area contributed by atoms with Gasteiger partial charge in [-0.15, -0.1) is 11.3 Å². The van der Waals surface area contributed by atoms with Crippen LogP contribution in [0.4, 0.5) is 0 Å². The van der Waals surface area contributed by atoms with Gasteiger partial charge in [-0.1, -0.05) is 0 Å². The SMILES string of the molecule is Cc1ccsc1C(=O)N[C@@H]1CC[C@@H](O)[C@@H]1O. The van der Waals surface area contributed by atoms with E-state index in [2.05, 4.69) is 5.32 Å². The van der Waals surface area contributed by atoms with Crippen LogP contribution in [0.15, 0.2) is 11.4 Å². The molecule has 0 radical (unpaired) electrons. The second-order valence-corrected chi connectivity index (χ2v) is 5.06. The summed E-state index contributed by atoms with van der Waals surface area (Å²) in [5.41, 5.74) is 0.940. The third-order valence-electron chi connectivity index (χ3n) is 2.96. The van der Waals surface area contributed by atoms with Crippen LogP contribution in [-0.2, 0) is 0 Å². The van der Waals surface area contributed by atoms with E-state index in [4.69, 9.17) is 0 Å². The lowest BCUT2D eigenvalue weighted by Crippen LogP contribution is -2.42. The van der Waals surface area contributed by atoms with E-state index in [9.17, 15) is 15.0 Å². The number of amides is 1. The smallest absolute Gasteiger partial charge is 0.261 e. The molecule has 0 unspecified atom stereocenters. The second-order valence-electron chi connectivity index (χ2n) is 4.15. The number of aliphatic hydroxyl groups is 2. The van der Waals surface area contributed by atoms with Gasteiger partial charge in [-0.05, 0) is 36.8 Å². The van der Waals surface area contributed by atoms with Crippen LogP contribution in [0.25, 0.3) is 0 Å². The Kier molecular flexibility index (Phi) is 3.28. The largest absolute Gasteiger partial charge is 0.390 e. The molecule has 1 aromatic heterocycles. The lowest BCUT2D eigenvalue weighted by Gasteiger charge is -2.17. The molecule has 3 atom stereocenters. The molecular weight excluding hydrogens is 226 g/mol. The fraction of sp³-hybridized carbons (Fsp3) is 0.545. The number of hydrogen-bond donors (Lipinski definition) is 3. The number of aliphatic hydroxyl groups excluding tert-OH is 2. The monoisotopic (exact) mass is 241 g/mol. The second kappa shape index (κ2) is 4.53. The van der Waals surface area contributed by atoms with Gasteiger partial charge < -0.3 is 15.5 Å². The van der Waals surface area contributed by atoms with Gasteiger partial charge in [0, 0.05) is 0 Å². The van der Waals surface area contributed by atoms with Gasteiger partial charge in [-0.25, -0.2) is 0 Å². The third kappa shape index (κ3) is 2.11. The van der Waals surface area contributed by atoms with E-state index in [1.54, 1.807) is 0 Å². The number of nitrogens with one attached hydrogen (secondary N) is 1. The van der Waals surface area contributed by atoms with Crippen molar-refractivity contribution in [3.63, 3.8) is 0 Å². The highest BCUT2D eigenvalue weighted by atomic mass is 32.1.